The van der Waals surface area contributed by atoms with Gasteiger partial charge in [-0.2, -0.15) is 0 Å². The summed E-state index contributed by atoms with van der Waals surface area (Å²) in [5.74, 6) is 0.802. The number of hydrogen-bond donors (Lipinski definition) is 1. The first-order valence-corrected chi connectivity index (χ1v) is 10.4. The van der Waals surface area contributed by atoms with Gasteiger partial charge in [0.15, 0.2) is 5.78 Å². The zero-order valence-corrected chi connectivity index (χ0v) is 17.1. The minimum absolute atomic E-state index is 0.0418. The predicted octanol–water partition coefficient (Wildman–Crippen LogP) is 3.67. The van der Waals surface area contributed by atoms with Crippen molar-refractivity contribution >= 4 is 11.7 Å². The number of amides is 1. The molecule has 2 aliphatic rings. The number of nitrogens with zero attached hydrogens (tertiary/aromatic N) is 1. The zero-order valence-electron chi connectivity index (χ0n) is 17.1. The first-order chi connectivity index (χ1) is 14.1. The van der Waals surface area contributed by atoms with Crippen molar-refractivity contribution < 1.29 is 19.1 Å². The van der Waals surface area contributed by atoms with Gasteiger partial charge >= 0.3 is 0 Å². The molecule has 0 bridgehead atoms. The Morgan fingerprint density at radius 2 is 2.10 bits per heavy atom. The SMILES string of the molecule is COc1ccccc1CN(CC1CCCO1)C(=O)c1[nH]c2c(c1C)C(=O)CCC2. The number of aryl methyl sites for hydroxylation is 1. The average molecular weight is 396 g/mol. The van der Waals surface area contributed by atoms with Crippen molar-refractivity contribution in [2.24, 2.45) is 0 Å². The zero-order chi connectivity index (χ0) is 20.4. The fourth-order valence-corrected chi connectivity index (χ4v) is 4.44. The standard InChI is InChI=1S/C23H28N2O4/c1-15-21-18(9-5-10-19(21)26)24-22(15)23(27)25(14-17-8-6-12-29-17)13-16-7-3-4-11-20(16)28-2/h3-4,7,11,17,24H,5-6,8-10,12-14H2,1-2H3. The Labute approximate surface area is 171 Å². The molecule has 0 spiro atoms. The average Bonchev–Trinajstić information content (AvgIpc) is 3.36. The van der Waals surface area contributed by atoms with E-state index in [-0.39, 0.29) is 17.8 Å². The molecule has 0 saturated carbocycles. The highest BCUT2D eigenvalue weighted by Gasteiger charge is 2.30. The minimum atomic E-state index is -0.0916. The van der Waals surface area contributed by atoms with Crippen LogP contribution < -0.4 is 4.74 Å². The molecule has 6 nitrogen and oxygen atoms in total. The second-order valence-electron chi connectivity index (χ2n) is 7.89. The number of Topliss-reactive ketones (excluding diaryl/α,β-unsaturated/α-hetero) is 1. The van der Waals surface area contributed by atoms with E-state index in [1.807, 2.05) is 36.1 Å². The molecule has 0 radical (unpaired) electrons. The van der Waals surface area contributed by atoms with Gasteiger partial charge in [0, 0.05) is 42.9 Å². The van der Waals surface area contributed by atoms with Gasteiger partial charge in [-0.15, -0.1) is 0 Å². The van der Waals surface area contributed by atoms with Gasteiger partial charge in [-0.3, -0.25) is 9.59 Å². The molecule has 1 aromatic heterocycles. The molecule has 1 atom stereocenters. The molecule has 1 unspecified atom stereocenters. The smallest absolute Gasteiger partial charge is 0.270 e. The van der Waals surface area contributed by atoms with E-state index >= 15 is 0 Å². The number of hydrogen-bond acceptors (Lipinski definition) is 4. The van der Waals surface area contributed by atoms with Crippen LogP contribution in [0.4, 0.5) is 0 Å². The van der Waals surface area contributed by atoms with Crippen LogP contribution in [0, 0.1) is 6.92 Å². The van der Waals surface area contributed by atoms with Crippen molar-refractivity contribution in [3.8, 4) is 5.75 Å². The molecule has 4 rings (SSSR count). The van der Waals surface area contributed by atoms with Crippen LogP contribution in [-0.4, -0.2) is 47.9 Å². The number of carbonyl (C=O) groups is 2. The van der Waals surface area contributed by atoms with Crippen LogP contribution in [0.25, 0.3) is 0 Å². The number of H-pyrrole nitrogens is 1. The Morgan fingerprint density at radius 3 is 2.83 bits per heavy atom. The number of ether oxygens (including phenoxy) is 2. The molecule has 2 aromatic rings. The molecule has 1 N–H and O–H groups in total. The van der Waals surface area contributed by atoms with Crippen LogP contribution in [0.15, 0.2) is 24.3 Å². The van der Waals surface area contributed by atoms with Crippen molar-refractivity contribution in [3.63, 3.8) is 0 Å². The van der Waals surface area contributed by atoms with Gasteiger partial charge in [-0.05, 0) is 44.2 Å². The molecular weight excluding hydrogens is 368 g/mol. The van der Waals surface area contributed by atoms with Crippen molar-refractivity contribution in [1.29, 1.82) is 0 Å². The number of carbonyl (C=O) groups excluding carboxylic acids is 2. The third kappa shape index (κ3) is 3.94. The van der Waals surface area contributed by atoms with Gasteiger partial charge in [-0.1, -0.05) is 18.2 Å². The molecule has 1 saturated heterocycles. The predicted molar refractivity (Wildman–Crippen MR) is 110 cm³/mol. The number of nitrogens with one attached hydrogen (secondary N) is 1. The maximum absolute atomic E-state index is 13.6. The van der Waals surface area contributed by atoms with E-state index in [0.29, 0.717) is 30.8 Å². The molecule has 1 fully saturated rings. The molecule has 1 amide bonds. The van der Waals surface area contributed by atoms with Gasteiger partial charge < -0.3 is 19.4 Å². The molecule has 1 aromatic carbocycles. The first kappa shape index (κ1) is 19.7. The summed E-state index contributed by atoms with van der Waals surface area (Å²) in [5, 5.41) is 0. The number of para-hydroxylation sites is 1. The second kappa shape index (κ2) is 8.41. The van der Waals surface area contributed by atoms with Crippen molar-refractivity contribution in [2.75, 3.05) is 20.3 Å². The summed E-state index contributed by atoms with van der Waals surface area (Å²) in [4.78, 5) is 31.0. The van der Waals surface area contributed by atoms with Crippen LogP contribution >= 0.6 is 0 Å². The van der Waals surface area contributed by atoms with Gasteiger partial charge in [0.25, 0.3) is 5.91 Å². The molecular formula is C23H28N2O4. The van der Waals surface area contributed by atoms with Crippen LogP contribution in [0.3, 0.4) is 0 Å². The second-order valence-corrected chi connectivity index (χ2v) is 7.89. The number of methoxy groups -OCH3 is 1. The Kier molecular flexibility index (Phi) is 5.72. The van der Waals surface area contributed by atoms with Crippen LogP contribution in [0.1, 0.15) is 63.4 Å². The van der Waals surface area contributed by atoms with Crippen molar-refractivity contribution in [3.05, 3.63) is 52.3 Å². The van der Waals surface area contributed by atoms with Crippen molar-refractivity contribution in [2.45, 2.75) is 51.7 Å². The number of fused-ring (bicyclic) bond motifs is 1. The third-order valence-electron chi connectivity index (χ3n) is 5.94. The molecule has 2 heterocycles. The number of benzene rings is 1. The van der Waals surface area contributed by atoms with Gasteiger partial charge in [-0.25, -0.2) is 0 Å². The van der Waals surface area contributed by atoms with Crippen molar-refractivity contribution in [1.82, 2.24) is 9.88 Å². The topological polar surface area (TPSA) is 71.6 Å². The highest BCUT2D eigenvalue weighted by atomic mass is 16.5. The van der Waals surface area contributed by atoms with Crippen LogP contribution in [0.5, 0.6) is 5.75 Å². The Hall–Kier alpha value is -2.60. The lowest BCUT2D eigenvalue weighted by Gasteiger charge is -2.26. The third-order valence-corrected chi connectivity index (χ3v) is 5.94. The van der Waals surface area contributed by atoms with Crippen LogP contribution in [-0.2, 0) is 17.7 Å². The molecule has 6 heteroatoms. The number of rotatable bonds is 6. The van der Waals surface area contributed by atoms with Crippen LogP contribution in [0.2, 0.25) is 0 Å². The molecule has 154 valence electrons. The maximum atomic E-state index is 13.6. The quantitative estimate of drug-likeness (QED) is 0.809. The normalized spacial score (nSPS) is 18.6. The summed E-state index contributed by atoms with van der Waals surface area (Å²) in [6.45, 7) is 3.57. The summed E-state index contributed by atoms with van der Waals surface area (Å²) in [7, 11) is 1.64. The summed E-state index contributed by atoms with van der Waals surface area (Å²) >= 11 is 0. The van der Waals surface area contributed by atoms with E-state index in [0.717, 1.165) is 54.9 Å². The van der Waals surface area contributed by atoms with Gasteiger partial charge in [0.1, 0.15) is 11.4 Å². The lowest BCUT2D eigenvalue weighted by atomic mass is 9.93. The first-order valence-electron chi connectivity index (χ1n) is 10.4. The lowest BCUT2D eigenvalue weighted by molar-refractivity contribution is 0.0501. The molecule has 1 aliphatic carbocycles. The Balaban J connectivity index is 1.65. The molecule has 1 aliphatic heterocycles. The fourth-order valence-electron chi connectivity index (χ4n) is 4.44. The highest BCUT2D eigenvalue weighted by Crippen LogP contribution is 2.28. The number of ketones is 1. The Morgan fingerprint density at radius 1 is 1.28 bits per heavy atom. The van der Waals surface area contributed by atoms with Gasteiger partial charge in [0.05, 0.1) is 13.2 Å². The largest absolute Gasteiger partial charge is 0.496 e. The van der Waals surface area contributed by atoms with E-state index < -0.39 is 0 Å². The summed E-state index contributed by atoms with van der Waals surface area (Å²) < 4.78 is 11.3. The Bertz CT molecular complexity index is 912. The number of aromatic amines is 1. The monoisotopic (exact) mass is 396 g/mol. The van der Waals surface area contributed by atoms with E-state index in [1.165, 1.54) is 0 Å². The lowest BCUT2D eigenvalue weighted by Crippen LogP contribution is -2.37. The molecule has 29 heavy (non-hydrogen) atoms. The van der Waals surface area contributed by atoms with E-state index in [4.69, 9.17) is 9.47 Å². The summed E-state index contributed by atoms with van der Waals surface area (Å²) in [6.07, 6.45) is 4.22. The number of aromatic nitrogens is 1. The van der Waals surface area contributed by atoms with E-state index in [1.54, 1.807) is 7.11 Å². The van der Waals surface area contributed by atoms with E-state index in [2.05, 4.69) is 4.98 Å². The van der Waals surface area contributed by atoms with Gasteiger partial charge in [0.2, 0.25) is 0 Å². The van der Waals surface area contributed by atoms with E-state index in [9.17, 15) is 9.59 Å². The fraction of sp³-hybridized carbons (Fsp3) is 0.478. The summed E-state index contributed by atoms with van der Waals surface area (Å²) in [5.41, 5.74) is 3.86. The highest BCUT2D eigenvalue weighted by molar-refractivity contribution is 6.04. The summed E-state index contributed by atoms with van der Waals surface area (Å²) in [6, 6.07) is 7.75. The minimum Gasteiger partial charge on any atom is -0.496 e. The maximum Gasteiger partial charge on any atom is 0.270 e.